The van der Waals surface area contributed by atoms with Gasteiger partial charge >= 0.3 is 0 Å². The Labute approximate surface area is 103 Å². The van der Waals surface area contributed by atoms with Crippen LogP contribution < -0.4 is 10.5 Å². The molecule has 0 amide bonds. The van der Waals surface area contributed by atoms with Crippen molar-refractivity contribution < 1.29 is 4.74 Å². The Kier molecular flexibility index (Phi) is 2.68. The maximum Gasteiger partial charge on any atom is 0.296 e. The molecule has 0 spiro atoms. The van der Waals surface area contributed by atoms with E-state index in [2.05, 4.69) is 28.4 Å². The lowest BCUT2D eigenvalue weighted by molar-refractivity contribution is 0.301. The molecule has 4 nitrogen and oxygen atoms in total. The maximum absolute atomic E-state index is 5.60. The molecule has 0 unspecified atom stereocenters. The molecule has 0 atom stereocenters. The van der Waals surface area contributed by atoms with E-state index in [0.29, 0.717) is 16.9 Å². The van der Waals surface area contributed by atoms with E-state index < -0.39 is 0 Å². The molecule has 17 heavy (non-hydrogen) atoms. The molecule has 0 bridgehead atoms. The topological polar surface area (TPSA) is 61.0 Å². The summed E-state index contributed by atoms with van der Waals surface area (Å²) in [5.74, 6) is 0. The van der Waals surface area contributed by atoms with Crippen molar-refractivity contribution in [3.05, 3.63) is 34.9 Å². The number of benzene rings is 1. The van der Waals surface area contributed by atoms with Gasteiger partial charge in [-0.25, -0.2) is 0 Å². The van der Waals surface area contributed by atoms with Gasteiger partial charge in [-0.15, -0.1) is 5.10 Å². The summed E-state index contributed by atoms with van der Waals surface area (Å²) in [6, 6.07) is 6.42. The molecule has 0 radical (unpaired) electrons. The molecule has 1 heterocycles. The zero-order valence-corrected chi connectivity index (χ0v) is 10.2. The summed E-state index contributed by atoms with van der Waals surface area (Å²) in [4.78, 5) is 0. The number of hydrogen-bond donors (Lipinski definition) is 1. The Morgan fingerprint density at radius 1 is 1.29 bits per heavy atom. The summed E-state index contributed by atoms with van der Waals surface area (Å²) in [5.41, 5.74) is 9.67. The zero-order valence-electron chi connectivity index (χ0n) is 9.35. The minimum Gasteiger partial charge on any atom is -0.464 e. The van der Waals surface area contributed by atoms with Gasteiger partial charge in [0.05, 0.1) is 0 Å². The van der Waals surface area contributed by atoms with Crippen molar-refractivity contribution in [2.24, 2.45) is 0 Å². The highest BCUT2D eigenvalue weighted by molar-refractivity contribution is 7.16. The first-order chi connectivity index (χ1) is 8.33. The third kappa shape index (κ3) is 2.10. The fourth-order valence-electron chi connectivity index (χ4n) is 2.25. The molecule has 2 N–H and O–H groups in total. The van der Waals surface area contributed by atoms with Crippen molar-refractivity contribution in [1.82, 2.24) is 10.2 Å². The molecular weight excluding hydrogens is 234 g/mol. The summed E-state index contributed by atoms with van der Waals surface area (Å²) in [6.07, 6.45) is 3.60. The average Bonchev–Trinajstić information content (AvgIpc) is 2.94. The molecule has 1 aliphatic carbocycles. The number of rotatable bonds is 3. The summed E-state index contributed by atoms with van der Waals surface area (Å²) in [5, 5.41) is 8.55. The maximum atomic E-state index is 5.60. The Bertz CT molecular complexity index is 538. The highest BCUT2D eigenvalue weighted by atomic mass is 32.1. The molecule has 1 aliphatic rings. The van der Waals surface area contributed by atoms with Gasteiger partial charge in [-0.2, -0.15) is 0 Å². The predicted molar refractivity (Wildman–Crippen MR) is 67.1 cm³/mol. The van der Waals surface area contributed by atoms with Crippen LogP contribution in [0.3, 0.4) is 0 Å². The molecule has 1 aromatic heterocycles. The SMILES string of the molecule is Nc1nnc(OCc2cccc3c2CCC3)s1. The van der Waals surface area contributed by atoms with Gasteiger partial charge in [0, 0.05) is 0 Å². The highest BCUT2D eigenvalue weighted by Crippen LogP contribution is 2.27. The van der Waals surface area contributed by atoms with Gasteiger partial charge in [0.2, 0.25) is 5.13 Å². The number of aromatic nitrogens is 2. The molecule has 0 fully saturated rings. The Morgan fingerprint density at radius 2 is 2.24 bits per heavy atom. The number of fused-ring (bicyclic) bond motifs is 1. The minimum atomic E-state index is 0.443. The first-order valence-electron chi connectivity index (χ1n) is 5.64. The van der Waals surface area contributed by atoms with Crippen molar-refractivity contribution in [3.8, 4) is 5.19 Å². The van der Waals surface area contributed by atoms with Crippen LogP contribution >= 0.6 is 11.3 Å². The fourth-order valence-corrected chi connectivity index (χ4v) is 2.71. The minimum absolute atomic E-state index is 0.443. The van der Waals surface area contributed by atoms with Crippen LogP contribution in [0.5, 0.6) is 5.19 Å². The number of aryl methyl sites for hydroxylation is 1. The van der Waals surface area contributed by atoms with Crippen LogP contribution in [-0.2, 0) is 19.4 Å². The van der Waals surface area contributed by atoms with Gasteiger partial charge in [0.15, 0.2) is 0 Å². The lowest BCUT2D eigenvalue weighted by Crippen LogP contribution is -1.99. The lowest BCUT2D eigenvalue weighted by Gasteiger charge is -2.07. The van der Waals surface area contributed by atoms with Crippen molar-refractivity contribution in [3.63, 3.8) is 0 Å². The lowest BCUT2D eigenvalue weighted by atomic mass is 10.0. The fraction of sp³-hybridized carbons (Fsp3) is 0.333. The summed E-state index contributed by atoms with van der Waals surface area (Å²) in [7, 11) is 0. The molecule has 0 aliphatic heterocycles. The van der Waals surface area contributed by atoms with Crippen molar-refractivity contribution in [1.29, 1.82) is 0 Å². The van der Waals surface area contributed by atoms with Crippen LogP contribution in [0.4, 0.5) is 5.13 Å². The summed E-state index contributed by atoms with van der Waals surface area (Å²) < 4.78 is 5.60. The number of hydrogen-bond acceptors (Lipinski definition) is 5. The Hall–Kier alpha value is -1.62. The zero-order chi connectivity index (χ0) is 11.7. The van der Waals surface area contributed by atoms with E-state index in [0.717, 1.165) is 6.42 Å². The molecule has 2 aromatic rings. The third-order valence-corrected chi connectivity index (χ3v) is 3.68. The molecule has 1 aromatic carbocycles. The molecule has 3 rings (SSSR count). The van der Waals surface area contributed by atoms with Gasteiger partial charge in [0.25, 0.3) is 5.19 Å². The summed E-state index contributed by atoms with van der Waals surface area (Å²) >= 11 is 1.27. The Morgan fingerprint density at radius 3 is 3.06 bits per heavy atom. The van der Waals surface area contributed by atoms with Gasteiger partial charge in [-0.1, -0.05) is 23.3 Å². The van der Waals surface area contributed by atoms with Crippen LogP contribution in [0.2, 0.25) is 0 Å². The third-order valence-electron chi connectivity index (χ3n) is 3.02. The molecule has 5 heteroatoms. The van der Waals surface area contributed by atoms with E-state index in [9.17, 15) is 0 Å². The van der Waals surface area contributed by atoms with E-state index >= 15 is 0 Å². The molecule has 0 saturated heterocycles. The number of nitrogens with zero attached hydrogens (tertiary/aromatic N) is 2. The van der Waals surface area contributed by atoms with Crippen LogP contribution in [-0.4, -0.2) is 10.2 Å². The van der Waals surface area contributed by atoms with Gasteiger partial charge in [-0.3, -0.25) is 0 Å². The molecule has 0 saturated carbocycles. The van der Waals surface area contributed by atoms with Crippen molar-refractivity contribution in [2.75, 3.05) is 5.73 Å². The van der Waals surface area contributed by atoms with Crippen molar-refractivity contribution in [2.45, 2.75) is 25.9 Å². The number of nitrogen functional groups attached to an aromatic ring is 1. The van der Waals surface area contributed by atoms with Crippen LogP contribution in [0, 0.1) is 0 Å². The second-order valence-corrected chi connectivity index (χ2v) is 5.07. The second kappa shape index (κ2) is 4.33. The van der Waals surface area contributed by atoms with E-state index in [1.54, 1.807) is 0 Å². The largest absolute Gasteiger partial charge is 0.464 e. The van der Waals surface area contributed by atoms with Gasteiger partial charge in [-0.05, 0) is 47.3 Å². The molecule has 88 valence electrons. The monoisotopic (exact) mass is 247 g/mol. The van der Waals surface area contributed by atoms with Gasteiger partial charge in [0.1, 0.15) is 6.61 Å². The van der Waals surface area contributed by atoms with Crippen LogP contribution in [0.25, 0.3) is 0 Å². The second-order valence-electron chi connectivity index (χ2n) is 4.10. The number of ether oxygens (including phenoxy) is 1. The first kappa shape index (κ1) is 10.5. The summed E-state index contributed by atoms with van der Waals surface area (Å²) in [6.45, 7) is 0.553. The van der Waals surface area contributed by atoms with Crippen molar-refractivity contribution >= 4 is 16.5 Å². The normalized spacial score (nSPS) is 13.6. The van der Waals surface area contributed by atoms with E-state index in [1.165, 1.54) is 40.9 Å². The van der Waals surface area contributed by atoms with E-state index in [-0.39, 0.29) is 0 Å². The van der Waals surface area contributed by atoms with E-state index in [1.807, 2.05) is 0 Å². The quantitative estimate of drug-likeness (QED) is 0.903. The first-order valence-corrected chi connectivity index (χ1v) is 6.46. The standard InChI is InChI=1S/C12H13N3OS/c13-11-14-15-12(17-11)16-7-9-5-1-3-8-4-2-6-10(8)9/h1,3,5H,2,4,6-7H2,(H2,13,14). The van der Waals surface area contributed by atoms with E-state index in [4.69, 9.17) is 10.5 Å². The smallest absolute Gasteiger partial charge is 0.296 e. The van der Waals surface area contributed by atoms with Crippen LogP contribution in [0.1, 0.15) is 23.1 Å². The number of anilines is 1. The number of nitrogens with two attached hydrogens (primary N) is 1. The predicted octanol–water partition coefficient (Wildman–Crippen LogP) is 2.19. The molecular formula is C12H13N3OS. The Balaban J connectivity index is 1.75. The van der Waals surface area contributed by atoms with Gasteiger partial charge < -0.3 is 10.5 Å². The average molecular weight is 247 g/mol. The van der Waals surface area contributed by atoms with Crippen LogP contribution in [0.15, 0.2) is 18.2 Å². The highest BCUT2D eigenvalue weighted by Gasteiger charge is 2.14.